The quantitative estimate of drug-likeness (QED) is 0.585. The summed E-state index contributed by atoms with van der Waals surface area (Å²) in [6.07, 6.45) is -4.47. The smallest absolute Gasteiger partial charge is 0.398 e. The lowest BCUT2D eigenvalue weighted by atomic mass is 10.0. The number of nitrogens with two attached hydrogens (primary N) is 1. The molecule has 0 aliphatic rings. The molecule has 100 valence electrons. The molecule has 2 aromatic carbocycles. The number of rotatable bonds is 1. The highest BCUT2D eigenvalue weighted by atomic mass is 79.9. The van der Waals surface area contributed by atoms with Crippen LogP contribution in [0.15, 0.2) is 40.9 Å². The molecule has 0 heterocycles. The van der Waals surface area contributed by atoms with Gasteiger partial charge in [-0.05, 0) is 34.1 Å². The fraction of sp³-hybridized carbons (Fsp3) is 0.0769. The van der Waals surface area contributed by atoms with Gasteiger partial charge < -0.3 is 5.73 Å². The van der Waals surface area contributed by atoms with Crippen LogP contribution in [-0.4, -0.2) is 0 Å². The number of hydrogen-bond donors (Lipinski definition) is 1. The maximum atomic E-state index is 13.9. The number of anilines is 1. The topological polar surface area (TPSA) is 26.0 Å². The van der Waals surface area contributed by atoms with Gasteiger partial charge in [-0.3, -0.25) is 0 Å². The Morgan fingerprint density at radius 3 is 2.26 bits per heavy atom. The standard InChI is InChI=1S/C13H8BrF4N/c14-10-3-1-2-9(12(10)15)8-5-4-7(6-11(8)19)13(16,17)18/h1-6H,19H2. The average molecular weight is 334 g/mol. The SMILES string of the molecule is Nc1cc(C(F)(F)F)ccc1-c1cccc(Br)c1F. The van der Waals surface area contributed by atoms with Crippen molar-refractivity contribution in [3.8, 4) is 11.1 Å². The van der Waals surface area contributed by atoms with Crippen LogP contribution in [0.3, 0.4) is 0 Å². The highest BCUT2D eigenvalue weighted by Crippen LogP contribution is 2.36. The van der Waals surface area contributed by atoms with E-state index in [9.17, 15) is 17.6 Å². The number of benzene rings is 2. The highest BCUT2D eigenvalue weighted by molar-refractivity contribution is 9.10. The Bertz CT molecular complexity index is 623. The zero-order valence-corrected chi connectivity index (χ0v) is 11.0. The minimum atomic E-state index is -4.47. The number of alkyl halides is 3. The van der Waals surface area contributed by atoms with Crippen molar-refractivity contribution in [2.75, 3.05) is 5.73 Å². The van der Waals surface area contributed by atoms with Crippen LogP contribution in [0.5, 0.6) is 0 Å². The minimum absolute atomic E-state index is 0.119. The molecule has 1 nitrogen and oxygen atoms in total. The van der Waals surface area contributed by atoms with E-state index in [2.05, 4.69) is 15.9 Å². The molecule has 2 N–H and O–H groups in total. The predicted molar refractivity (Wildman–Crippen MR) is 69.0 cm³/mol. The first-order chi connectivity index (χ1) is 8.80. The first-order valence-electron chi connectivity index (χ1n) is 5.22. The largest absolute Gasteiger partial charge is 0.416 e. The van der Waals surface area contributed by atoms with Gasteiger partial charge in [0.15, 0.2) is 0 Å². The Kier molecular flexibility index (Phi) is 3.54. The van der Waals surface area contributed by atoms with Crippen LogP contribution in [0.1, 0.15) is 5.56 Å². The molecule has 0 aliphatic carbocycles. The Morgan fingerprint density at radius 1 is 1.00 bits per heavy atom. The summed E-state index contributed by atoms with van der Waals surface area (Å²) in [5.41, 5.74) is 4.99. The second-order valence-electron chi connectivity index (χ2n) is 3.90. The van der Waals surface area contributed by atoms with Crippen molar-refractivity contribution in [3.63, 3.8) is 0 Å². The fourth-order valence-corrected chi connectivity index (χ4v) is 2.06. The predicted octanol–water partition coefficient (Wildman–Crippen LogP) is 4.86. The summed E-state index contributed by atoms with van der Waals surface area (Å²) in [5, 5.41) is 0. The summed E-state index contributed by atoms with van der Waals surface area (Å²) in [5.74, 6) is -0.561. The van der Waals surface area contributed by atoms with E-state index in [0.717, 1.165) is 12.1 Å². The van der Waals surface area contributed by atoms with E-state index in [1.54, 1.807) is 6.07 Å². The maximum absolute atomic E-state index is 13.9. The van der Waals surface area contributed by atoms with Crippen LogP contribution in [0, 0.1) is 5.82 Å². The van der Waals surface area contributed by atoms with Crippen LogP contribution < -0.4 is 5.73 Å². The molecule has 0 bridgehead atoms. The molecule has 0 spiro atoms. The molecular weight excluding hydrogens is 326 g/mol. The van der Waals surface area contributed by atoms with Crippen molar-refractivity contribution in [1.29, 1.82) is 0 Å². The molecule has 0 atom stereocenters. The summed E-state index contributed by atoms with van der Waals surface area (Å²) in [6, 6.07) is 7.39. The van der Waals surface area contributed by atoms with Gasteiger partial charge in [0, 0.05) is 16.8 Å². The molecular formula is C13H8BrF4N. The van der Waals surface area contributed by atoms with Crippen LogP contribution in [0.25, 0.3) is 11.1 Å². The first kappa shape index (κ1) is 13.9. The molecule has 0 amide bonds. The van der Waals surface area contributed by atoms with E-state index < -0.39 is 17.6 Å². The van der Waals surface area contributed by atoms with Crippen molar-refractivity contribution in [2.24, 2.45) is 0 Å². The van der Waals surface area contributed by atoms with Crippen molar-refractivity contribution in [3.05, 3.63) is 52.3 Å². The van der Waals surface area contributed by atoms with Gasteiger partial charge in [0.25, 0.3) is 0 Å². The Morgan fingerprint density at radius 2 is 1.68 bits per heavy atom. The number of nitrogen functional groups attached to an aromatic ring is 1. The lowest BCUT2D eigenvalue weighted by molar-refractivity contribution is -0.137. The average Bonchev–Trinajstić information content (AvgIpc) is 2.32. The van der Waals surface area contributed by atoms with E-state index in [1.807, 2.05) is 0 Å². The normalized spacial score (nSPS) is 11.6. The third-order valence-electron chi connectivity index (χ3n) is 2.62. The second kappa shape index (κ2) is 4.85. The molecule has 6 heteroatoms. The van der Waals surface area contributed by atoms with Crippen molar-refractivity contribution in [1.82, 2.24) is 0 Å². The van der Waals surface area contributed by atoms with Gasteiger partial charge in [0.2, 0.25) is 0 Å². The van der Waals surface area contributed by atoms with Gasteiger partial charge >= 0.3 is 6.18 Å². The third-order valence-corrected chi connectivity index (χ3v) is 3.23. The van der Waals surface area contributed by atoms with E-state index >= 15 is 0 Å². The summed E-state index contributed by atoms with van der Waals surface area (Å²) >= 11 is 3.02. The van der Waals surface area contributed by atoms with E-state index in [4.69, 9.17) is 5.73 Å². The maximum Gasteiger partial charge on any atom is 0.416 e. The van der Waals surface area contributed by atoms with Gasteiger partial charge in [0.1, 0.15) is 5.82 Å². The van der Waals surface area contributed by atoms with Gasteiger partial charge in [0.05, 0.1) is 10.0 Å². The molecule has 0 aliphatic heterocycles. The third kappa shape index (κ3) is 2.73. The fourth-order valence-electron chi connectivity index (χ4n) is 1.70. The van der Waals surface area contributed by atoms with Crippen LogP contribution in [0.2, 0.25) is 0 Å². The summed E-state index contributed by atoms with van der Waals surface area (Å²) in [7, 11) is 0. The summed E-state index contributed by atoms with van der Waals surface area (Å²) in [6.45, 7) is 0. The Labute approximate surface area is 115 Å². The zero-order chi connectivity index (χ0) is 14.2. The van der Waals surface area contributed by atoms with Crippen molar-refractivity contribution < 1.29 is 17.6 Å². The monoisotopic (exact) mass is 333 g/mol. The van der Waals surface area contributed by atoms with Gasteiger partial charge in [-0.1, -0.05) is 18.2 Å². The lowest BCUT2D eigenvalue weighted by Crippen LogP contribution is -2.06. The molecule has 19 heavy (non-hydrogen) atoms. The van der Waals surface area contributed by atoms with E-state index in [0.29, 0.717) is 0 Å². The zero-order valence-electron chi connectivity index (χ0n) is 9.43. The van der Waals surface area contributed by atoms with Crippen LogP contribution >= 0.6 is 15.9 Å². The first-order valence-corrected chi connectivity index (χ1v) is 6.01. The molecule has 2 aromatic rings. The van der Waals surface area contributed by atoms with Crippen molar-refractivity contribution in [2.45, 2.75) is 6.18 Å². The lowest BCUT2D eigenvalue weighted by Gasteiger charge is -2.12. The molecule has 2 rings (SSSR count). The molecule has 0 saturated heterocycles. The Balaban J connectivity index is 2.56. The highest BCUT2D eigenvalue weighted by Gasteiger charge is 2.31. The van der Waals surface area contributed by atoms with E-state index in [-0.39, 0.29) is 21.3 Å². The second-order valence-corrected chi connectivity index (χ2v) is 4.76. The number of halogens is 5. The van der Waals surface area contributed by atoms with Crippen molar-refractivity contribution >= 4 is 21.6 Å². The van der Waals surface area contributed by atoms with Crippen LogP contribution in [0.4, 0.5) is 23.2 Å². The summed E-state index contributed by atoms with van der Waals surface area (Å²) < 4.78 is 51.6. The number of hydrogen-bond acceptors (Lipinski definition) is 1. The molecule has 0 saturated carbocycles. The molecule has 0 unspecified atom stereocenters. The molecule has 0 fully saturated rings. The van der Waals surface area contributed by atoms with Gasteiger partial charge in [-0.15, -0.1) is 0 Å². The Hall–Kier alpha value is -1.56. The van der Waals surface area contributed by atoms with Crippen LogP contribution in [-0.2, 0) is 6.18 Å². The minimum Gasteiger partial charge on any atom is -0.398 e. The molecule has 0 aromatic heterocycles. The van der Waals surface area contributed by atoms with Gasteiger partial charge in [-0.25, -0.2) is 4.39 Å². The summed E-state index contributed by atoms with van der Waals surface area (Å²) in [4.78, 5) is 0. The van der Waals surface area contributed by atoms with E-state index in [1.165, 1.54) is 18.2 Å². The molecule has 0 radical (unpaired) electrons. The van der Waals surface area contributed by atoms with Gasteiger partial charge in [-0.2, -0.15) is 13.2 Å².